The first-order valence-electron chi connectivity index (χ1n) is 8.37. The summed E-state index contributed by atoms with van der Waals surface area (Å²) in [6, 6.07) is 11.7. The second kappa shape index (κ2) is 7.47. The summed E-state index contributed by atoms with van der Waals surface area (Å²) in [5.74, 6) is 1.14. The minimum Gasteiger partial charge on any atom is -0.493 e. The van der Waals surface area contributed by atoms with Crippen molar-refractivity contribution in [3.63, 3.8) is 0 Å². The summed E-state index contributed by atoms with van der Waals surface area (Å²) >= 11 is 0. The second-order valence-corrected chi connectivity index (χ2v) is 6.00. The smallest absolute Gasteiger partial charge is 0.255 e. The van der Waals surface area contributed by atoms with E-state index in [9.17, 15) is 4.79 Å². The average Bonchev–Trinajstić information content (AvgIpc) is 2.66. The van der Waals surface area contributed by atoms with Crippen LogP contribution in [0.4, 0.5) is 0 Å². The van der Waals surface area contributed by atoms with E-state index in [2.05, 4.69) is 17.4 Å². The van der Waals surface area contributed by atoms with Crippen LogP contribution in [0.1, 0.15) is 40.4 Å². The molecule has 5 heteroatoms. The van der Waals surface area contributed by atoms with Crippen molar-refractivity contribution < 1.29 is 19.0 Å². The van der Waals surface area contributed by atoms with Gasteiger partial charge in [0.25, 0.3) is 5.91 Å². The van der Waals surface area contributed by atoms with E-state index >= 15 is 0 Å². The van der Waals surface area contributed by atoms with Gasteiger partial charge in [-0.1, -0.05) is 24.3 Å². The Morgan fingerprint density at radius 2 is 1.76 bits per heavy atom. The van der Waals surface area contributed by atoms with Gasteiger partial charge in [-0.25, -0.2) is 0 Å². The van der Waals surface area contributed by atoms with Gasteiger partial charge in [0, 0.05) is 0 Å². The number of amides is 1. The molecule has 1 amide bonds. The van der Waals surface area contributed by atoms with Crippen molar-refractivity contribution in [1.82, 2.24) is 5.32 Å². The first kappa shape index (κ1) is 17.1. The molecular formula is C20H23NO4. The van der Waals surface area contributed by atoms with Crippen molar-refractivity contribution in [3.05, 3.63) is 53.1 Å². The monoisotopic (exact) mass is 341 g/mol. The minimum absolute atomic E-state index is 0.00949. The van der Waals surface area contributed by atoms with Gasteiger partial charge in [0.2, 0.25) is 5.75 Å². The molecule has 132 valence electrons. The lowest BCUT2D eigenvalue weighted by Crippen LogP contribution is -2.31. The Balaban J connectivity index is 1.90. The molecule has 1 N–H and O–H groups in total. The summed E-state index contributed by atoms with van der Waals surface area (Å²) in [6.07, 6.45) is 3.05. The number of carbonyl (C=O) groups excluding carboxylic acids is 1. The van der Waals surface area contributed by atoms with E-state index in [1.54, 1.807) is 19.2 Å². The van der Waals surface area contributed by atoms with Gasteiger partial charge in [-0.05, 0) is 42.5 Å². The summed E-state index contributed by atoms with van der Waals surface area (Å²) < 4.78 is 16.1. The van der Waals surface area contributed by atoms with Crippen LogP contribution in [0.15, 0.2) is 36.4 Å². The minimum atomic E-state index is -0.181. The van der Waals surface area contributed by atoms with Gasteiger partial charge < -0.3 is 19.5 Å². The molecule has 0 heterocycles. The quantitative estimate of drug-likeness (QED) is 0.904. The fourth-order valence-corrected chi connectivity index (χ4v) is 3.42. The van der Waals surface area contributed by atoms with Gasteiger partial charge in [-0.3, -0.25) is 4.79 Å². The largest absolute Gasteiger partial charge is 0.493 e. The van der Waals surface area contributed by atoms with Gasteiger partial charge in [0.1, 0.15) is 0 Å². The number of hydrogen-bond acceptors (Lipinski definition) is 4. The zero-order chi connectivity index (χ0) is 17.8. The van der Waals surface area contributed by atoms with E-state index in [0.717, 1.165) is 19.3 Å². The molecule has 0 unspecified atom stereocenters. The van der Waals surface area contributed by atoms with Crippen LogP contribution in [-0.4, -0.2) is 27.2 Å². The van der Waals surface area contributed by atoms with Crippen LogP contribution in [0, 0.1) is 0 Å². The van der Waals surface area contributed by atoms with Crippen molar-refractivity contribution in [2.24, 2.45) is 0 Å². The maximum Gasteiger partial charge on any atom is 0.255 e. The molecule has 3 rings (SSSR count). The molecule has 1 atom stereocenters. The number of rotatable bonds is 5. The molecule has 2 aromatic carbocycles. The van der Waals surface area contributed by atoms with Crippen molar-refractivity contribution in [2.75, 3.05) is 21.3 Å². The van der Waals surface area contributed by atoms with Crippen molar-refractivity contribution >= 4 is 5.91 Å². The van der Waals surface area contributed by atoms with Crippen LogP contribution in [-0.2, 0) is 6.42 Å². The third-order valence-electron chi connectivity index (χ3n) is 4.62. The number of nitrogens with one attached hydrogen (secondary N) is 1. The third-order valence-corrected chi connectivity index (χ3v) is 4.62. The van der Waals surface area contributed by atoms with Crippen LogP contribution in [0.25, 0.3) is 0 Å². The Hall–Kier alpha value is -2.69. The maximum absolute atomic E-state index is 12.9. The Kier molecular flexibility index (Phi) is 5.12. The zero-order valence-electron chi connectivity index (χ0n) is 14.8. The number of methoxy groups -OCH3 is 3. The lowest BCUT2D eigenvalue weighted by Gasteiger charge is -2.26. The number of benzene rings is 2. The van der Waals surface area contributed by atoms with E-state index < -0.39 is 0 Å². The maximum atomic E-state index is 12.9. The van der Waals surface area contributed by atoms with E-state index in [-0.39, 0.29) is 11.9 Å². The van der Waals surface area contributed by atoms with E-state index in [1.807, 2.05) is 12.1 Å². The molecule has 0 spiro atoms. The van der Waals surface area contributed by atoms with Crippen LogP contribution >= 0.6 is 0 Å². The molecule has 0 saturated heterocycles. The van der Waals surface area contributed by atoms with Gasteiger partial charge in [0.05, 0.1) is 32.9 Å². The number of ether oxygens (including phenoxy) is 3. The highest BCUT2D eigenvalue weighted by Crippen LogP contribution is 2.40. The summed E-state index contributed by atoms with van der Waals surface area (Å²) in [5.41, 5.74) is 2.93. The molecule has 0 bridgehead atoms. The van der Waals surface area contributed by atoms with E-state index in [0.29, 0.717) is 22.8 Å². The van der Waals surface area contributed by atoms with Crippen LogP contribution in [0.2, 0.25) is 0 Å². The summed E-state index contributed by atoms with van der Waals surface area (Å²) in [5, 5.41) is 3.14. The van der Waals surface area contributed by atoms with Crippen molar-refractivity contribution in [2.45, 2.75) is 25.3 Å². The molecule has 0 saturated carbocycles. The van der Waals surface area contributed by atoms with Crippen LogP contribution in [0.5, 0.6) is 17.2 Å². The molecule has 0 fully saturated rings. The Morgan fingerprint density at radius 1 is 1.00 bits per heavy atom. The topological polar surface area (TPSA) is 56.8 Å². The normalized spacial score (nSPS) is 15.9. The number of fused-ring (bicyclic) bond motifs is 1. The lowest BCUT2D eigenvalue weighted by atomic mass is 9.87. The lowest BCUT2D eigenvalue weighted by molar-refractivity contribution is 0.0929. The SMILES string of the molecule is COc1ccc(C(=O)N[C@@H]2CCCc3ccccc32)c(OC)c1OC. The third kappa shape index (κ3) is 3.27. The van der Waals surface area contributed by atoms with Gasteiger partial charge >= 0.3 is 0 Å². The molecule has 25 heavy (non-hydrogen) atoms. The Bertz CT molecular complexity index is 772. The molecule has 2 aromatic rings. The highest BCUT2D eigenvalue weighted by molar-refractivity contribution is 5.98. The summed E-state index contributed by atoms with van der Waals surface area (Å²) in [4.78, 5) is 12.9. The van der Waals surface area contributed by atoms with Crippen molar-refractivity contribution in [1.29, 1.82) is 0 Å². The molecule has 0 radical (unpaired) electrons. The molecule has 0 aliphatic heterocycles. The first-order valence-corrected chi connectivity index (χ1v) is 8.37. The van der Waals surface area contributed by atoms with E-state index in [4.69, 9.17) is 14.2 Å². The standard InChI is InChI=1S/C20H23NO4/c1-23-17-12-11-15(18(24-2)19(17)25-3)20(22)21-16-10-6-8-13-7-4-5-9-14(13)16/h4-5,7,9,11-12,16H,6,8,10H2,1-3H3,(H,21,22)/t16-/m1/s1. The predicted molar refractivity (Wildman–Crippen MR) is 95.7 cm³/mol. The van der Waals surface area contributed by atoms with Gasteiger partial charge in [-0.2, -0.15) is 0 Å². The zero-order valence-corrected chi connectivity index (χ0v) is 14.8. The van der Waals surface area contributed by atoms with Gasteiger partial charge in [0.15, 0.2) is 11.5 Å². The molecule has 1 aliphatic carbocycles. The molecule has 0 aromatic heterocycles. The fraction of sp³-hybridized carbons (Fsp3) is 0.350. The van der Waals surface area contributed by atoms with Crippen molar-refractivity contribution in [3.8, 4) is 17.2 Å². The second-order valence-electron chi connectivity index (χ2n) is 6.00. The number of carbonyl (C=O) groups is 1. The molecule has 5 nitrogen and oxygen atoms in total. The summed E-state index contributed by atoms with van der Waals surface area (Å²) in [7, 11) is 4.60. The first-order chi connectivity index (χ1) is 12.2. The Morgan fingerprint density at radius 3 is 2.48 bits per heavy atom. The highest BCUT2D eigenvalue weighted by atomic mass is 16.5. The summed E-state index contributed by atoms with van der Waals surface area (Å²) in [6.45, 7) is 0. The van der Waals surface area contributed by atoms with E-state index in [1.165, 1.54) is 25.3 Å². The fourth-order valence-electron chi connectivity index (χ4n) is 3.42. The molecular weight excluding hydrogens is 318 g/mol. The number of hydrogen-bond donors (Lipinski definition) is 1. The van der Waals surface area contributed by atoms with Crippen LogP contribution in [0.3, 0.4) is 0 Å². The average molecular weight is 341 g/mol. The predicted octanol–water partition coefficient (Wildman–Crippen LogP) is 3.52. The molecule has 1 aliphatic rings. The highest BCUT2D eigenvalue weighted by Gasteiger charge is 2.25. The van der Waals surface area contributed by atoms with Crippen LogP contribution < -0.4 is 19.5 Å². The number of aryl methyl sites for hydroxylation is 1. The Labute approximate surface area is 147 Å². The van der Waals surface area contributed by atoms with Gasteiger partial charge in [-0.15, -0.1) is 0 Å².